The summed E-state index contributed by atoms with van der Waals surface area (Å²) < 4.78 is 63.3. The Morgan fingerprint density at radius 3 is 2.13 bits per heavy atom. The lowest BCUT2D eigenvalue weighted by Gasteiger charge is -2.10. The number of hydrogen-bond acceptors (Lipinski definition) is 2. The summed E-state index contributed by atoms with van der Waals surface area (Å²) >= 11 is 0. The molecule has 2 nitrogen and oxygen atoms in total. The maximum Gasteiger partial charge on any atom is 0.144 e. The van der Waals surface area contributed by atoms with Gasteiger partial charge in [-0.05, 0) is 77.9 Å². The van der Waals surface area contributed by atoms with E-state index >= 15 is 4.39 Å². The van der Waals surface area contributed by atoms with Crippen LogP contribution in [0.5, 0.6) is 5.75 Å². The molecule has 39 heavy (non-hydrogen) atoms. The van der Waals surface area contributed by atoms with E-state index in [-0.39, 0.29) is 24.5 Å². The zero-order chi connectivity index (χ0) is 27.8. The lowest BCUT2D eigenvalue weighted by Crippen LogP contribution is -2.00. The van der Waals surface area contributed by atoms with E-state index in [0.717, 1.165) is 42.3 Å². The molecule has 0 aliphatic heterocycles. The number of nitrogens with zero attached hydrogens (tertiary/aromatic N) is 1. The van der Waals surface area contributed by atoms with Crippen molar-refractivity contribution < 1.29 is 22.3 Å². The summed E-state index contributed by atoms with van der Waals surface area (Å²) in [4.78, 5) is 0. The minimum Gasteiger partial charge on any atom is -0.493 e. The summed E-state index contributed by atoms with van der Waals surface area (Å²) in [5.74, 6) is -1.95. The Labute approximate surface area is 226 Å². The molecule has 0 aromatic heterocycles. The van der Waals surface area contributed by atoms with Gasteiger partial charge in [0, 0.05) is 11.5 Å². The molecule has 0 spiro atoms. The minimum absolute atomic E-state index is 0.230. The van der Waals surface area contributed by atoms with Crippen LogP contribution in [0.1, 0.15) is 60.4 Å². The largest absolute Gasteiger partial charge is 0.493 e. The fraction of sp³-hybridized carbons (Fsp3) is 0.303. The second kappa shape index (κ2) is 13.3. The third-order valence-electron chi connectivity index (χ3n) is 6.97. The van der Waals surface area contributed by atoms with Crippen molar-refractivity contribution in [2.75, 3.05) is 6.61 Å². The molecule has 0 fully saturated rings. The van der Waals surface area contributed by atoms with Gasteiger partial charge < -0.3 is 4.74 Å². The van der Waals surface area contributed by atoms with Gasteiger partial charge in [0.15, 0.2) is 0 Å². The highest BCUT2D eigenvalue weighted by Crippen LogP contribution is 2.26. The highest BCUT2D eigenvalue weighted by atomic mass is 19.1. The summed E-state index contributed by atoms with van der Waals surface area (Å²) in [7, 11) is 0. The van der Waals surface area contributed by atoms with Crippen LogP contribution < -0.4 is 4.74 Å². The van der Waals surface area contributed by atoms with Gasteiger partial charge in [-0.25, -0.2) is 17.6 Å². The first-order chi connectivity index (χ1) is 18.9. The van der Waals surface area contributed by atoms with Crippen LogP contribution in [0.4, 0.5) is 17.6 Å². The maximum atomic E-state index is 15.2. The summed E-state index contributed by atoms with van der Waals surface area (Å²) in [6.45, 7) is 2.74. The van der Waals surface area contributed by atoms with Crippen LogP contribution in [-0.4, -0.2) is 6.61 Å². The van der Waals surface area contributed by atoms with E-state index in [4.69, 9.17) is 10.00 Å². The number of unbranched alkanes of at least 4 members (excludes halogenated alkanes) is 3. The number of ether oxygens (including phenoxy) is 1. The van der Waals surface area contributed by atoms with Gasteiger partial charge in [-0.15, -0.1) is 0 Å². The SMILES string of the molecule is CCCCCCOc1ccc(CCc2ccc3c(F)c(CCc4cc(F)c(C#N)c(F)c4)ccc3c2)c(F)c1. The van der Waals surface area contributed by atoms with Crippen molar-refractivity contribution >= 4 is 10.8 Å². The zero-order valence-corrected chi connectivity index (χ0v) is 22.0. The third kappa shape index (κ3) is 7.17. The molecule has 0 aliphatic carbocycles. The van der Waals surface area contributed by atoms with Gasteiger partial charge in [0.1, 0.15) is 40.7 Å². The van der Waals surface area contributed by atoms with Crippen molar-refractivity contribution in [2.24, 2.45) is 0 Å². The van der Waals surface area contributed by atoms with Crippen LogP contribution in [0, 0.1) is 34.6 Å². The van der Waals surface area contributed by atoms with Gasteiger partial charge >= 0.3 is 0 Å². The number of nitriles is 1. The Bertz CT molecular complexity index is 1470. The lowest BCUT2D eigenvalue weighted by atomic mass is 9.97. The van der Waals surface area contributed by atoms with Crippen LogP contribution in [0.3, 0.4) is 0 Å². The minimum atomic E-state index is -0.916. The van der Waals surface area contributed by atoms with Crippen LogP contribution in [0.15, 0.2) is 60.7 Å². The average molecular weight is 534 g/mol. The number of aryl methyl sites for hydroxylation is 4. The molecule has 6 heteroatoms. The topological polar surface area (TPSA) is 33.0 Å². The molecule has 4 aromatic rings. The third-order valence-corrected chi connectivity index (χ3v) is 6.97. The van der Waals surface area contributed by atoms with Gasteiger partial charge in [0.25, 0.3) is 0 Å². The normalized spacial score (nSPS) is 11.1. The Morgan fingerprint density at radius 1 is 0.692 bits per heavy atom. The van der Waals surface area contributed by atoms with Crippen LogP contribution in [-0.2, 0) is 25.7 Å². The van der Waals surface area contributed by atoms with E-state index in [1.165, 1.54) is 18.6 Å². The van der Waals surface area contributed by atoms with Gasteiger partial charge in [0.2, 0.25) is 0 Å². The monoisotopic (exact) mass is 533 g/mol. The molecular formula is C33H31F4NO. The van der Waals surface area contributed by atoms with Crippen molar-refractivity contribution in [1.82, 2.24) is 0 Å². The first-order valence-electron chi connectivity index (χ1n) is 13.4. The first kappa shape index (κ1) is 28.2. The van der Waals surface area contributed by atoms with E-state index in [1.54, 1.807) is 24.3 Å². The number of halogens is 4. The van der Waals surface area contributed by atoms with E-state index in [1.807, 2.05) is 18.2 Å². The van der Waals surface area contributed by atoms with Gasteiger partial charge in [-0.1, -0.05) is 62.6 Å². The highest BCUT2D eigenvalue weighted by molar-refractivity contribution is 5.84. The zero-order valence-electron chi connectivity index (χ0n) is 22.0. The van der Waals surface area contributed by atoms with Crippen LogP contribution >= 0.6 is 0 Å². The number of hydrogen-bond donors (Lipinski definition) is 0. The predicted molar refractivity (Wildman–Crippen MR) is 146 cm³/mol. The smallest absolute Gasteiger partial charge is 0.144 e. The Balaban J connectivity index is 1.37. The summed E-state index contributed by atoms with van der Waals surface area (Å²) in [6.07, 6.45) is 5.98. The van der Waals surface area contributed by atoms with Gasteiger partial charge in [-0.3, -0.25) is 0 Å². The lowest BCUT2D eigenvalue weighted by molar-refractivity contribution is 0.303. The molecular weight excluding hydrogens is 502 g/mol. The molecule has 0 unspecified atom stereocenters. The average Bonchev–Trinajstić information content (AvgIpc) is 2.92. The Kier molecular flexibility index (Phi) is 9.59. The quantitative estimate of drug-likeness (QED) is 0.135. The number of rotatable bonds is 12. The molecule has 0 heterocycles. The molecule has 202 valence electrons. The molecule has 0 saturated carbocycles. The highest BCUT2D eigenvalue weighted by Gasteiger charge is 2.13. The fourth-order valence-corrected chi connectivity index (χ4v) is 4.71. The van der Waals surface area contributed by atoms with Gasteiger partial charge in [0.05, 0.1) is 6.61 Å². The van der Waals surface area contributed by atoms with Gasteiger partial charge in [-0.2, -0.15) is 5.26 Å². The Morgan fingerprint density at radius 2 is 1.41 bits per heavy atom. The molecule has 4 aromatic carbocycles. The fourth-order valence-electron chi connectivity index (χ4n) is 4.71. The van der Waals surface area contributed by atoms with Crippen molar-refractivity contribution in [3.05, 3.63) is 112 Å². The summed E-state index contributed by atoms with van der Waals surface area (Å²) in [6, 6.07) is 17.7. The van der Waals surface area contributed by atoms with Crippen molar-refractivity contribution in [3.63, 3.8) is 0 Å². The molecule has 0 amide bonds. The van der Waals surface area contributed by atoms with Crippen molar-refractivity contribution in [3.8, 4) is 11.8 Å². The van der Waals surface area contributed by atoms with Crippen LogP contribution in [0.2, 0.25) is 0 Å². The number of benzene rings is 4. The predicted octanol–water partition coefficient (Wildman–Crippen LogP) is 8.80. The van der Waals surface area contributed by atoms with E-state index < -0.39 is 17.2 Å². The summed E-state index contributed by atoms with van der Waals surface area (Å²) in [5.41, 5.74) is 1.75. The molecule has 0 atom stereocenters. The van der Waals surface area contributed by atoms with Crippen LogP contribution in [0.25, 0.3) is 10.8 Å². The molecule has 0 N–H and O–H groups in total. The van der Waals surface area contributed by atoms with Crippen molar-refractivity contribution in [1.29, 1.82) is 5.26 Å². The van der Waals surface area contributed by atoms with E-state index in [9.17, 15) is 13.2 Å². The molecule has 0 bridgehead atoms. The second-order valence-electron chi connectivity index (χ2n) is 9.80. The standard InChI is InChI=1S/C33H31F4NO/c1-2-3-4-5-16-39-27-14-13-24(30(34)20-27)9-6-22-8-15-28-26(17-22)12-11-25(33(28)37)10-7-23-18-31(35)29(21-38)32(36)19-23/h8,11-15,17-20H,2-7,9-10,16H2,1H3. The first-order valence-corrected chi connectivity index (χ1v) is 13.4. The number of fused-ring (bicyclic) bond motifs is 1. The maximum absolute atomic E-state index is 15.2. The molecule has 0 saturated heterocycles. The molecule has 4 rings (SSSR count). The molecule has 0 aliphatic rings. The Hall–Kier alpha value is -3.85. The van der Waals surface area contributed by atoms with E-state index in [0.29, 0.717) is 47.3 Å². The summed E-state index contributed by atoms with van der Waals surface area (Å²) in [5, 5.41) is 10.0. The van der Waals surface area contributed by atoms with E-state index in [2.05, 4.69) is 6.92 Å². The molecule has 0 radical (unpaired) electrons. The second-order valence-corrected chi connectivity index (χ2v) is 9.80. The van der Waals surface area contributed by atoms with Crippen molar-refractivity contribution in [2.45, 2.75) is 58.3 Å².